The maximum Gasteiger partial charge on any atom is 0.129 e. The maximum absolute atomic E-state index is 4.84. The van der Waals surface area contributed by atoms with Crippen LogP contribution in [0.25, 0.3) is 10.9 Å². The van der Waals surface area contributed by atoms with Gasteiger partial charge in [0.1, 0.15) is 5.82 Å². The van der Waals surface area contributed by atoms with Gasteiger partial charge in [-0.15, -0.1) is 0 Å². The highest BCUT2D eigenvalue weighted by atomic mass is 15.2. The molecule has 3 heteroatoms. The summed E-state index contributed by atoms with van der Waals surface area (Å²) in [6.45, 7) is 5.11. The first-order chi connectivity index (χ1) is 9.78. The van der Waals surface area contributed by atoms with E-state index < -0.39 is 0 Å². The summed E-state index contributed by atoms with van der Waals surface area (Å²) in [5.74, 6) is 1.10. The number of benzene rings is 1. The summed E-state index contributed by atoms with van der Waals surface area (Å²) in [5, 5.41) is 4.50. The van der Waals surface area contributed by atoms with Crippen LogP contribution in [0.3, 0.4) is 0 Å². The van der Waals surface area contributed by atoms with Gasteiger partial charge < -0.3 is 10.2 Å². The molecule has 3 rings (SSSR count). The summed E-state index contributed by atoms with van der Waals surface area (Å²) < 4.78 is 0. The molecule has 0 amide bonds. The zero-order chi connectivity index (χ0) is 13.9. The third-order valence-corrected chi connectivity index (χ3v) is 3.92. The van der Waals surface area contributed by atoms with E-state index in [0.717, 1.165) is 37.4 Å². The number of pyridine rings is 1. The average molecular weight is 267 g/mol. The van der Waals surface area contributed by atoms with E-state index in [4.69, 9.17) is 4.98 Å². The van der Waals surface area contributed by atoms with Gasteiger partial charge in [0, 0.05) is 25.0 Å². The molecule has 3 nitrogen and oxygen atoms in total. The van der Waals surface area contributed by atoms with E-state index in [1.54, 1.807) is 0 Å². The fourth-order valence-corrected chi connectivity index (χ4v) is 2.71. The summed E-state index contributed by atoms with van der Waals surface area (Å²) in [6.07, 6.45) is 3.44. The van der Waals surface area contributed by atoms with Gasteiger partial charge in [-0.1, -0.05) is 29.8 Å². The van der Waals surface area contributed by atoms with E-state index in [1.807, 2.05) is 7.05 Å². The largest absolute Gasteiger partial charge is 0.353 e. The van der Waals surface area contributed by atoms with E-state index in [2.05, 4.69) is 53.5 Å². The fraction of sp³-hybridized carbons (Fsp3) is 0.353. The highest BCUT2D eigenvalue weighted by Gasteiger charge is 2.13. The van der Waals surface area contributed by atoms with Crippen molar-refractivity contribution in [2.75, 3.05) is 25.0 Å². The van der Waals surface area contributed by atoms with Gasteiger partial charge in [-0.05, 0) is 38.1 Å². The van der Waals surface area contributed by atoms with Crippen LogP contribution in [0.1, 0.15) is 18.9 Å². The number of aromatic nitrogens is 1. The molecule has 0 fully saturated rings. The van der Waals surface area contributed by atoms with Crippen molar-refractivity contribution in [3.63, 3.8) is 0 Å². The highest BCUT2D eigenvalue weighted by Crippen LogP contribution is 2.24. The van der Waals surface area contributed by atoms with Gasteiger partial charge in [-0.2, -0.15) is 0 Å². The van der Waals surface area contributed by atoms with Crippen LogP contribution in [-0.4, -0.2) is 25.1 Å². The Bertz CT molecular complexity index is 646. The zero-order valence-corrected chi connectivity index (χ0v) is 12.2. The van der Waals surface area contributed by atoms with Crippen LogP contribution in [0.4, 0.5) is 5.82 Å². The monoisotopic (exact) mass is 267 g/mol. The van der Waals surface area contributed by atoms with Gasteiger partial charge in [0.2, 0.25) is 0 Å². The van der Waals surface area contributed by atoms with Gasteiger partial charge in [-0.3, -0.25) is 0 Å². The Labute approximate surface area is 120 Å². The lowest BCUT2D eigenvalue weighted by atomic mass is 10.1. The van der Waals surface area contributed by atoms with Gasteiger partial charge in [-0.25, -0.2) is 4.98 Å². The maximum atomic E-state index is 4.84. The molecule has 2 aromatic rings. The number of rotatable bonds is 3. The van der Waals surface area contributed by atoms with Crippen molar-refractivity contribution in [3.05, 3.63) is 47.5 Å². The van der Waals surface area contributed by atoms with Crippen molar-refractivity contribution in [3.8, 4) is 0 Å². The van der Waals surface area contributed by atoms with E-state index in [0.29, 0.717) is 0 Å². The summed E-state index contributed by atoms with van der Waals surface area (Å²) >= 11 is 0. The molecule has 2 heterocycles. The molecule has 1 aromatic carbocycles. The first kappa shape index (κ1) is 13.1. The van der Waals surface area contributed by atoms with Crippen molar-refractivity contribution in [1.29, 1.82) is 0 Å². The molecule has 0 unspecified atom stereocenters. The molecule has 0 radical (unpaired) electrons. The van der Waals surface area contributed by atoms with Crippen LogP contribution in [0.5, 0.6) is 0 Å². The van der Waals surface area contributed by atoms with Crippen molar-refractivity contribution in [2.24, 2.45) is 0 Å². The lowest BCUT2D eigenvalue weighted by Crippen LogP contribution is -2.29. The lowest BCUT2D eigenvalue weighted by molar-refractivity contribution is 0.773. The van der Waals surface area contributed by atoms with Gasteiger partial charge in [0.25, 0.3) is 0 Å². The number of anilines is 1. The predicted octanol–water partition coefficient (Wildman–Crippen LogP) is 3.11. The number of hydrogen-bond acceptors (Lipinski definition) is 3. The average Bonchev–Trinajstić information content (AvgIpc) is 2.48. The molecular weight excluding hydrogens is 246 g/mol. The van der Waals surface area contributed by atoms with Crippen LogP contribution < -0.4 is 10.2 Å². The quantitative estimate of drug-likeness (QED) is 0.866. The molecule has 1 aliphatic heterocycles. The number of hydrogen-bond donors (Lipinski definition) is 1. The number of nitrogens with zero attached hydrogens (tertiary/aromatic N) is 2. The second-order valence-electron chi connectivity index (χ2n) is 5.43. The Hall–Kier alpha value is -1.87. The highest BCUT2D eigenvalue weighted by molar-refractivity contribution is 5.84. The predicted molar refractivity (Wildman–Crippen MR) is 85.1 cm³/mol. The second kappa shape index (κ2) is 5.63. The van der Waals surface area contributed by atoms with Gasteiger partial charge in [0.05, 0.1) is 5.52 Å². The topological polar surface area (TPSA) is 28.2 Å². The minimum atomic E-state index is 0.874. The molecule has 1 aliphatic rings. The van der Waals surface area contributed by atoms with Crippen LogP contribution in [-0.2, 0) is 6.54 Å². The van der Waals surface area contributed by atoms with Crippen LogP contribution in [0.15, 0.2) is 42.0 Å². The zero-order valence-electron chi connectivity index (χ0n) is 12.2. The Morgan fingerprint density at radius 2 is 2.15 bits per heavy atom. The summed E-state index contributed by atoms with van der Waals surface area (Å²) in [7, 11) is 1.99. The Kier molecular flexibility index (Phi) is 3.70. The lowest BCUT2D eigenvalue weighted by Gasteiger charge is -2.27. The summed E-state index contributed by atoms with van der Waals surface area (Å²) in [6, 6.07) is 10.6. The smallest absolute Gasteiger partial charge is 0.129 e. The van der Waals surface area contributed by atoms with Gasteiger partial charge in [0.15, 0.2) is 0 Å². The van der Waals surface area contributed by atoms with E-state index in [-0.39, 0.29) is 0 Å². The normalized spacial score (nSPS) is 15.5. The first-order valence-electron chi connectivity index (χ1n) is 7.22. The molecule has 0 saturated heterocycles. The Balaban J connectivity index is 2.03. The van der Waals surface area contributed by atoms with E-state index >= 15 is 0 Å². The molecule has 20 heavy (non-hydrogen) atoms. The van der Waals surface area contributed by atoms with E-state index in [1.165, 1.54) is 16.5 Å². The number of nitrogens with one attached hydrogen (secondary N) is 1. The standard InChI is InChI=1S/C17H21N3/c1-13-7-9-20(10-8-13)17-11-14(12-18-2)15-5-3-4-6-16(15)19-17/h3-7,11,18H,8-10,12H2,1-2H3. The SMILES string of the molecule is CNCc1cc(N2CC=C(C)CC2)nc2ccccc12. The van der Waals surface area contributed by atoms with Crippen LogP contribution in [0.2, 0.25) is 0 Å². The van der Waals surface area contributed by atoms with Crippen LogP contribution >= 0.6 is 0 Å². The summed E-state index contributed by atoms with van der Waals surface area (Å²) in [4.78, 5) is 7.20. The third kappa shape index (κ3) is 2.54. The summed E-state index contributed by atoms with van der Waals surface area (Å²) in [5.41, 5.74) is 3.89. The molecule has 1 N–H and O–H groups in total. The van der Waals surface area contributed by atoms with Crippen molar-refractivity contribution in [2.45, 2.75) is 19.9 Å². The van der Waals surface area contributed by atoms with E-state index in [9.17, 15) is 0 Å². The third-order valence-electron chi connectivity index (χ3n) is 3.92. The Morgan fingerprint density at radius 3 is 2.90 bits per heavy atom. The fourth-order valence-electron chi connectivity index (χ4n) is 2.71. The molecule has 0 saturated carbocycles. The van der Waals surface area contributed by atoms with Gasteiger partial charge >= 0.3 is 0 Å². The first-order valence-corrected chi connectivity index (χ1v) is 7.22. The van der Waals surface area contributed by atoms with Crippen molar-refractivity contribution >= 4 is 16.7 Å². The molecule has 0 spiro atoms. The van der Waals surface area contributed by atoms with Crippen LogP contribution in [0, 0.1) is 0 Å². The second-order valence-corrected chi connectivity index (χ2v) is 5.43. The minimum absolute atomic E-state index is 0.874. The molecule has 0 atom stereocenters. The number of para-hydroxylation sites is 1. The van der Waals surface area contributed by atoms with Crippen molar-refractivity contribution in [1.82, 2.24) is 10.3 Å². The Morgan fingerprint density at radius 1 is 1.30 bits per heavy atom. The molecule has 104 valence electrons. The molecule has 0 bridgehead atoms. The number of fused-ring (bicyclic) bond motifs is 1. The molecular formula is C17H21N3. The molecule has 0 aliphatic carbocycles. The molecule has 1 aromatic heterocycles. The minimum Gasteiger partial charge on any atom is -0.353 e. The van der Waals surface area contributed by atoms with Crippen molar-refractivity contribution < 1.29 is 0 Å².